The summed E-state index contributed by atoms with van der Waals surface area (Å²) < 4.78 is 46.3. The zero-order valence-electron chi connectivity index (χ0n) is 11.0. The van der Waals surface area contributed by atoms with Gasteiger partial charge in [0.1, 0.15) is 4.90 Å². The van der Waals surface area contributed by atoms with Crippen LogP contribution in [-0.2, 0) is 19.9 Å². The van der Waals surface area contributed by atoms with Crippen LogP contribution in [0.25, 0.3) is 0 Å². The summed E-state index contributed by atoms with van der Waals surface area (Å²) in [5, 5.41) is 5.19. The molecule has 0 aliphatic carbocycles. The quantitative estimate of drug-likeness (QED) is 0.727. The van der Waals surface area contributed by atoms with Crippen LogP contribution in [0.2, 0.25) is 0 Å². The fourth-order valence-corrected chi connectivity index (χ4v) is 4.91. The van der Waals surface area contributed by atoms with Crippen molar-refractivity contribution in [1.82, 2.24) is 0 Å². The average Bonchev–Trinajstić information content (AvgIpc) is 2.67. The molecule has 1 aliphatic heterocycles. The molecule has 1 unspecified atom stereocenters. The van der Waals surface area contributed by atoms with Crippen LogP contribution in [0.1, 0.15) is 6.42 Å². The summed E-state index contributed by atoms with van der Waals surface area (Å²) in [6.07, 6.45) is 0.466. The molecule has 0 aromatic heterocycles. The van der Waals surface area contributed by atoms with Gasteiger partial charge in [0.05, 0.1) is 17.2 Å². The molecule has 0 spiro atoms. The van der Waals surface area contributed by atoms with Gasteiger partial charge in [-0.15, -0.1) is 0 Å². The van der Waals surface area contributed by atoms with Crippen molar-refractivity contribution >= 4 is 31.2 Å². The average molecular weight is 319 g/mol. The summed E-state index contributed by atoms with van der Waals surface area (Å²) in [6, 6.07) is 4.12. The third kappa shape index (κ3) is 3.05. The van der Waals surface area contributed by atoms with E-state index in [1.165, 1.54) is 6.07 Å². The van der Waals surface area contributed by atoms with Gasteiger partial charge in [0.2, 0.25) is 10.0 Å². The summed E-state index contributed by atoms with van der Waals surface area (Å²) in [4.78, 5) is 1.55. The minimum atomic E-state index is -3.93. The van der Waals surface area contributed by atoms with Gasteiger partial charge >= 0.3 is 0 Å². The molecule has 20 heavy (non-hydrogen) atoms. The molecule has 1 heterocycles. The van der Waals surface area contributed by atoms with Crippen LogP contribution in [0.3, 0.4) is 0 Å². The highest BCUT2D eigenvalue weighted by atomic mass is 32.2. The van der Waals surface area contributed by atoms with Gasteiger partial charge in [-0.3, -0.25) is 0 Å². The molecule has 7 nitrogen and oxygen atoms in total. The molecule has 1 aromatic rings. The maximum absolute atomic E-state index is 11.6. The second-order valence-corrected chi connectivity index (χ2v) is 8.70. The van der Waals surface area contributed by atoms with Gasteiger partial charge in [0.15, 0.2) is 9.84 Å². The van der Waals surface area contributed by atoms with E-state index < -0.39 is 19.9 Å². The SMILES string of the molecule is CN(c1ccc(N)cc1S(N)(=O)=O)C1CCS(=O)(=O)C1. The lowest BCUT2D eigenvalue weighted by atomic mass is 10.2. The smallest absolute Gasteiger partial charge is 0.240 e. The molecule has 112 valence electrons. The van der Waals surface area contributed by atoms with E-state index in [0.29, 0.717) is 12.1 Å². The van der Waals surface area contributed by atoms with Crippen molar-refractivity contribution in [1.29, 1.82) is 0 Å². The number of hydrogen-bond donors (Lipinski definition) is 2. The Hall–Kier alpha value is -1.32. The number of nitrogen functional groups attached to an aromatic ring is 1. The Morgan fingerprint density at radius 2 is 2.00 bits per heavy atom. The van der Waals surface area contributed by atoms with E-state index in [1.807, 2.05) is 0 Å². The first-order chi connectivity index (χ1) is 9.10. The predicted octanol–water partition coefficient (Wildman–Crippen LogP) is -0.460. The van der Waals surface area contributed by atoms with Crippen molar-refractivity contribution in [3.8, 4) is 0 Å². The molecule has 4 N–H and O–H groups in total. The van der Waals surface area contributed by atoms with Crippen LogP contribution in [-0.4, -0.2) is 41.4 Å². The van der Waals surface area contributed by atoms with Gasteiger partial charge in [-0.2, -0.15) is 0 Å². The molecule has 1 atom stereocenters. The molecular formula is C11H17N3O4S2. The number of primary sulfonamides is 1. The first-order valence-electron chi connectivity index (χ1n) is 5.96. The van der Waals surface area contributed by atoms with Gasteiger partial charge in [0.25, 0.3) is 0 Å². The van der Waals surface area contributed by atoms with E-state index in [1.54, 1.807) is 24.1 Å². The Balaban J connectivity index is 2.43. The Kier molecular flexibility index (Phi) is 3.69. The first kappa shape index (κ1) is 15.1. The molecule has 9 heteroatoms. The fourth-order valence-electron chi connectivity index (χ4n) is 2.33. The van der Waals surface area contributed by atoms with E-state index in [9.17, 15) is 16.8 Å². The Labute approximate surface area is 118 Å². The number of sulfone groups is 1. The highest BCUT2D eigenvalue weighted by molar-refractivity contribution is 7.91. The van der Waals surface area contributed by atoms with E-state index >= 15 is 0 Å². The standard InChI is InChI=1S/C11H17N3O4S2/c1-14(9-4-5-19(15,16)7-9)10-3-2-8(12)6-11(10)20(13,17)18/h2-3,6,9H,4-5,7,12H2,1H3,(H2,13,17,18). The summed E-state index contributed by atoms with van der Waals surface area (Å²) in [5.74, 6) is 0.125. The summed E-state index contributed by atoms with van der Waals surface area (Å²) in [5.41, 5.74) is 6.23. The second kappa shape index (κ2) is 4.90. The van der Waals surface area contributed by atoms with E-state index in [0.717, 1.165) is 0 Å². The summed E-state index contributed by atoms with van der Waals surface area (Å²) in [7, 11) is -5.32. The molecule has 1 fully saturated rings. The molecule has 0 amide bonds. The molecule has 0 saturated carbocycles. The lowest BCUT2D eigenvalue weighted by Gasteiger charge is -2.27. The minimum absolute atomic E-state index is 0.0118. The van der Waals surface area contributed by atoms with Gasteiger partial charge in [-0.1, -0.05) is 0 Å². The largest absolute Gasteiger partial charge is 0.399 e. The van der Waals surface area contributed by atoms with E-state index in [4.69, 9.17) is 10.9 Å². The van der Waals surface area contributed by atoms with Crippen molar-refractivity contribution < 1.29 is 16.8 Å². The number of sulfonamides is 1. The fraction of sp³-hybridized carbons (Fsp3) is 0.455. The van der Waals surface area contributed by atoms with Crippen LogP contribution in [0.15, 0.2) is 23.1 Å². The van der Waals surface area contributed by atoms with Crippen LogP contribution in [0, 0.1) is 0 Å². The second-order valence-electron chi connectivity index (χ2n) is 4.94. The molecule has 0 radical (unpaired) electrons. The predicted molar refractivity (Wildman–Crippen MR) is 77.7 cm³/mol. The van der Waals surface area contributed by atoms with E-state index in [-0.39, 0.29) is 28.1 Å². The molecular weight excluding hydrogens is 302 g/mol. The zero-order valence-corrected chi connectivity index (χ0v) is 12.6. The van der Waals surface area contributed by atoms with Gasteiger partial charge in [0, 0.05) is 18.8 Å². The molecule has 0 bridgehead atoms. The van der Waals surface area contributed by atoms with Crippen LogP contribution < -0.4 is 15.8 Å². The van der Waals surface area contributed by atoms with Crippen LogP contribution in [0.5, 0.6) is 0 Å². The third-order valence-electron chi connectivity index (χ3n) is 3.43. The van der Waals surface area contributed by atoms with Crippen molar-refractivity contribution in [2.75, 3.05) is 29.2 Å². The molecule has 1 aromatic carbocycles. The topological polar surface area (TPSA) is 124 Å². The normalized spacial score (nSPS) is 21.8. The van der Waals surface area contributed by atoms with Gasteiger partial charge in [-0.25, -0.2) is 22.0 Å². The van der Waals surface area contributed by atoms with Crippen LogP contribution >= 0.6 is 0 Å². The summed E-state index contributed by atoms with van der Waals surface area (Å²) >= 11 is 0. The number of rotatable bonds is 3. The van der Waals surface area contributed by atoms with Crippen molar-refractivity contribution in [2.24, 2.45) is 5.14 Å². The highest BCUT2D eigenvalue weighted by Gasteiger charge is 2.32. The maximum Gasteiger partial charge on any atom is 0.240 e. The molecule has 2 rings (SSSR count). The van der Waals surface area contributed by atoms with Gasteiger partial charge in [-0.05, 0) is 24.6 Å². The first-order valence-corrected chi connectivity index (χ1v) is 9.32. The number of nitrogens with two attached hydrogens (primary N) is 2. The number of anilines is 2. The maximum atomic E-state index is 11.6. The molecule has 1 saturated heterocycles. The number of benzene rings is 1. The Bertz CT molecular complexity index is 728. The van der Waals surface area contributed by atoms with Gasteiger partial charge < -0.3 is 10.6 Å². The van der Waals surface area contributed by atoms with Crippen molar-refractivity contribution in [3.05, 3.63) is 18.2 Å². The number of hydrogen-bond acceptors (Lipinski definition) is 6. The monoisotopic (exact) mass is 319 g/mol. The van der Waals surface area contributed by atoms with Crippen molar-refractivity contribution in [3.63, 3.8) is 0 Å². The van der Waals surface area contributed by atoms with Crippen molar-refractivity contribution in [2.45, 2.75) is 17.4 Å². The Morgan fingerprint density at radius 3 is 2.50 bits per heavy atom. The third-order valence-corrected chi connectivity index (χ3v) is 6.12. The summed E-state index contributed by atoms with van der Waals surface area (Å²) in [6.45, 7) is 0. The molecule has 1 aliphatic rings. The lowest BCUT2D eigenvalue weighted by Crippen LogP contribution is -2.34. The lowest BCUT2D eigenvalue weighted by molar-refractivity contribution is 0.596. The van der Waals surface area contributed by atoms with Crippen LogP contribution in [0.4, 0.5) is 11.4 Å². The van der Waals surface area contributed by atoms with E-state index in [2.05, 4.69) is 0 Å². The number of nitrogens with zero attached hydrogens (tertiary/aromatic N) is 1. The Morgan fingerprint density at radius 1 is 1.35 bits per heavy atom. The minimum Gasteiger partial charge on any atom is -0.399 e. The zero-order chi connectivity index (χ0) is 15.1. The highest BCUT2D eigenvalue weighted by Crippen LogP contribution is 2.29.